The second-order valence-electron chi connectivity index (χ2n) is 5.53. The maximum absolute atomic E-state index is 12.7. The first-order valence-corrected chi connectivity index (χ1v) is 8.47. The number of nitrogens with one attached hydrogen (secondary N) is 1. The van der Waals surface area contributed by atoms with Gasteiger partial charge in [0.1, 0.15) is 0 Å². The van der Waals surface area contributed by atoms with Crippen molar-refractivity contribution in [1.82, 2.24) is 4.98 Å². The fourth-order valence-electron chi connectivity index (χ4n) is 2.58. The van der Waals surface area contributed by atoms with Crippen LogP contribution in [0.1, 0.15) is 12.5 Å². The number of hydrogen-bond donors (Lipinski definition) is 2. The topological polar surface area (TPSA) is 70.2 Å². The van der Waals surface area contributed by atoms with Crippen LogP contribution in [-0.2, 0) is 16.3 Å². The fourth-order valence-corrected chi connectivity index (χ4v) is 3.95. The summed E-state index contributed by atoms with van der Waals surface area (Å²) in [6.07, 6.45) is 1.77. The van der Waals surface area contributed by atoms with Gasteiger partial charge in [-0.25, -0.2) is 8.42 Å². The van der Waals surface area contributed by atoms with Gasteiger partial charge in [-0.3, -0.25) is 0 Å². The molecule has 0 saturated heterocycles. The second kappa shape index (κ2) is 5.26. The van der Waals surface area contributed by atoms with Gasteiger partial charge in [-0.1, -0.05) is 36.4 Å². The lowest BCUT2D eigenvalue weighted by atomic mass is 10.1. The number of aliphatic hydroxyl groups is 1. The third-order valence-corrected chi connectivity index (χ3v) is 6.02. The van der Waals surface area contributed by atoms with E-state index in [1.807, 2.05) is 24.3 Å². The highest BCUT2D eigenvalue weighted by Crippen LogP contribution is 2.29. The van der Waals surface area contributed by atoms with Gasteiger partial charge in [-0.05, 0) is 30.7 Å². The molecule has 114 valence electrons. The van der Waals surface area contributed by atoms with Crippen molar-refractivity contribution >= 4 is 20.7 Å². The van der Waals surface area contributed by atoms with E-state index in [4.69, 9.17) is 0 Å². The summed E-state index contributed by atoms with van der Waals surface area (Å²) in [6.45, 7) is 1.34. The Kier molecular flexibility index (Phi) is 3.54. The maximum Gasteiger partial charge on any atom is 0.207 e. The number of hydrogen-bond acceptors (Lipinski definition) is 3. The highest BCUT2D eigenvalue weighted by Gasteiger charge is 2.38. The monoisotopic (exact) mass is 315 g/mol. The molecule has 4 nitrogen and oxygen atoms in total. The molecule has 2 N–H and O–H groups in total. The van der Waals surface area contributed by atoms with Crippen LogP contribution >= 0.6 is 0 Å². The molecule has 0 spiro atoms. The van der Waals surface area contributed by atoms with Crippen molar-refractivity contribution in [3.63, 3.8) is 0 Å². The summed E-state index contributed by atoms with van der Waals surface area (Å²) in [6, 6.07) is 15.7. The minimum atomic E-state index is -3.84. The molecule has 0 fully saturated rings. The van der Waals surface area contributed by atoms with Gasteiger partial charge in [0, 0.05) is 23.5 Å². The van der Waals surface area contributed by atoms with E-state index >= 15 is 0 Å². The number of fused-ring (bicyclic) bond motifs is 1. The quantitative estimate of drug-likeness (QED) is 0.778. The smallest absolute Gasteiger partial charge is 0.207 e. The van der Waals surface area contributed by atoms with E-state index in [1.165, 1.54) is 19.1 Å². The van der Waals surface area contributed by atoms with Gasteiger partial charge in [0.05, 0.1) is 4.90 Å². The van der Waals surface area contributed by atoms with Crippen molar-refractivity contribution in [3.8, 4) is 0 Å². The van der Waals surface area contributed by atoms with Gasteiger partial charge < -0.3 is 10.1 Å². The Morgan fingerprint density at radius 3 is 2.41 bits per heavy atom. The zero-order chi connectivity index (χ0) is 15.8. The lowest BCUT2D eigenvalue weighted by Crippen LogP contribution is -2.37. The van der Waals surface area contributed by atoms with Crippen molar-refractivity contribution in [2.24, 2.45) is 0 Å². The van der Waals surface area contributed by atoms with Crippen LogP contribution in [0.2, 0.25) is 0 Å². The van der Waals surface area contributed by atoms with Gasteiger partial charge in [0.15, 0.2) is 4.93 Å². The Hall–Kier alpha value is -2.11. The minimum absolute atomic E-state index is 0.0221. The van der Waals surface area contributed by atoms with Crippen LogP contribution in [0.5, 0.6) is 0 Å². The van der Waals surface area contributed by atoms with E-state index < -0.39 is 14.8 Å². The number of aromatic nitrogens is 1. The largest absolute Gasteiger partial charge is 0.374 e. The van der Waals surface area contributed by atoms with E-state index in [9.17, 15) is 13.5 Å². The average Bonchev–Trinajstić information content (AvgIpc) is 2.91. The van der Waals surface area contributed by atoms with Crippen molar-refractivity contribution < 1.29 is 13.5 Å². The number of sulfone groups is 1. The summed E-state index contributed by atoms with van der Waals surface area (Å²) in [5.74, 6) is 0. The Bertz CT molecular complexity index is 896. The molecule has 3 aromatic rings. The Balaban J connectivity index is 2.00. The Morgan fingerprint density at radius 1 is 1.05 bits per heavy atom. The molecule has 5 heteroatoms. The van der Waals surface area contributed by atoms with Crippen LogP contribution in [0, 0.1) is 0 Å². The van der Waals surface area contributed by atoms with Crippen LogP contribution in [0.25, 0.3) is 10.9 Å². The highest BCUT2D eigenvalue weighted by atomic mass is 32.2. The van der Waals surface area contributed by atoms with Crippen LogP contribution in [0.15, 0.2) is 65.7 Å². The molecule has 0 amide bonds. The molecule has 0 aliphatic heterocycles. The number of aromatic amines is 1. The summed E-state index contributed by atoms with van der Waals surface area (Å²) >= 11 is 0. The lowest BCUT2D eigenvalue weighted by Gasteiger charge is -2.23. The molecule has 0 aliphatic carbocycles. The molecule has 0 unspecified atom stereocenters. The van der Waals surface area contributed by atoms with E-state index in [0.717, 1.165) is 16.5 Å². The van der Waals surface area contributed by atoms with Gasteiger partial charge in [0.2, 0.25) is 9.84 Å². The van der Waals surface area contributed by atoms with Gasteiger partial charge in [-0.2, -0.15) is 0 Å². The standard InChI is InChI=1S/C17H17NO3S/c1-17(19,22(20,21)14-7-3-2-4-8-14)11-13-12-18-16-10-6-5-9-15(13)16/h2-10,12,18-19H,11H2,1H3/t17-/m0/s1. The highest BCUT2D eigenvalue weighted by molar-refractivity contribution is 7.92. The SMILES string of the molecule is C[C@@](O)(Cc1c[nH]c2ccccc12)S(=O)(=O)c1ccccc1. The molecular formula is C17H17NO3S. The zero-order valence-electron chi connectivity index (χ0n) is 12.2. The number of H-pyrrole nitrogens is 1. The van der Waals surface area contributed by atoms with Crippen molar-refractivity contribution in [2.75, 3.05) is 0 Å². The van der Waals surface area contributed by atoms with Gasteiger partial charge in [0.25, 0.3) is 0 Å². The van der Waals surface area contributed by atoms with E-state index in [1.54, 1.807) is 24.4 Å². The maximum atomic E-state index is 12.7. The number of para-hydroxylation sites is 1. The molecule has 0 bridgehead atoms. The second-order valence-corrected chi connectivity index (χ2v) is 7.89. The first kappa shape index (κ1) is 14.8. The molecule has 1 atom stereocenters. The first-order valence-electron chi connectivity index (χ1n) is 6.99. The molecule has 2 aromatic carbocycles. The summed E-state index contributed by atoms with van der Waals surface area (Å²) in [5.41, 5.74) is 1.70. The fraction of sp³-hybridized carbons (Fsp3) is 0.176. The first-order chi connectivity index (χ1) is 10.4. The van der Waals surface area contributed by atoms with E-state index in [0.29, 0.717) is 0 Å². The predicted octanol–water partition coefficient (Wildman–Crippen LogP) is 2.89. The Morgan fingerprint density at radius 2 is 1.68 bits per heavy atom. The molecule has 3 rings (SSSR count). The molecule has 0 radical (unpaired) electrons. The molecule has 22 heavy (non-hydrogen) atoms. The van der Waals surface area contributed by atoms with Crippen LogP contribution < -0.4 is 0 Å². The van der Waals surface area contributed by atoms with E-state index in [2.05, 4.69) is 4.98 Å². The minimum Gasteiger partial charge on any atom is -0.374 e. The summed E-state index contributed by atoms with van der Waals surface area (Å²) in [5, 5.41) is 11.5. The summed E-state index contributed by atoms with van der Waals surface area (Å²) in [4.78, 5) is 1.35. The van der Waals surface area contributed by atoms with Gasteiger partial charge >= 0.3 is 0 Å². The third kappa shape index (κ3) is 2.42. The summed E-state index contributed by atoms with van der Waals surface area (Å²) in [7, 11) is -3.84. The lowest BCUT2D eigenvalue weighted by molar-refractivity contribution is 0.145. The van der Waals surface area contributed by atoms with Crippen molar-refractivity contribution in [3.05, 3.63) is 66.4 Å². The predicted molar refractivity (Wildman–Crippen MR) is 86.3 cm³/mol. The number of benzene rings is 2. The number of rotatable bonds is 4. The molecular weight excluding hydrogens is 298 g/mol. The van der Waals surface area contributed by atoms with Crippen LogP contribution in [0.4, 0.5) is 0 Å². The molecule has 0 aliphatic rings. The molecule has 1 aromatic heterocycles. The van der Waals surface area contributed by atoms with Crippen molar-refractivity contribution in [1.29, 1.82) is 0 Å². The zero-order valence-corrected chi connectivity index (χ0v) is 13.0. The van der Waals surface area contributed by atoms with Gasteiger partial charge in [-0.15, -0.1) is 0 Å². The van der Waals surface area contributed by atoms with Crippen LogP contribution in [-0.4, -0.2) is 23.4 Å². The van der Waals surface area contributed by atoms with E-state index in [-0.39, 0.29) is 11.3 Å². The third-order valence-electron chi connectivity index (χ3n) is 3.83. The summed E-state index contributed by atoms with van der Waals surface area (Å²) < 4.78 is 25.3. The normalized spacial score (nSPS) is 14.8. The van der Waals surface area contributed by atoms with Crippen LogP contribution in [0.3, 0.4) is 0 Å². The van der Waals surface area contributed by atoms with Crippen molar-refractivity contribution in [2.45, 2.75) is 23.2 Å². The Labute approximate surface area is 129 Å². The molecule has 0 saturated carbocycles. The average molecular weight is 315 g/mol. The molecule has 1 heterocycles.